The standard InChI is InChI=1S/C15H21F3N4O3/c1-9(2)7-22-8-10(3-4-12(22)23)13(24)19-6-5-11-20-14(25-21-11)15(16,17)18/h9-10H,3-8H2,1-2H3,(H,19,24)/t10-/m0/s1. The van der Waals surface area contributed by atoms with Gasteiger partial charge in [-0.15, -0.1) is 0 Å². The van der Waals surface area contributed by atoms with Crippen molar-refractivity contribution in [2.24, 2.45) is 11.8 Å². The highest BCUT2D eigenvalue weighted by atomic mass is 19.4. The highest BCUT2D eigenvalue weighted by Gasteiger charge is 2.38. The van der Waals surface area contributed by atoms with Crippen molar-refractivity contribution in [3.63, 3.8) is 0 Å². The third-order valence-electron chi connectivity index (χ3n) is 3.81. The van der Waals surface area contributed by atoms with E-state index in [0.717, 1.165) is 0 Å². The fraction of sp³-hybridized carbons (Fsp3) is 0.733. The van der Waals surface area contributed by atoms with Crippen molar-refractivity contribution in [3.05, 3.63) is 11.7 Å². The van der Waals surface area contributed by atoms with E-state index in [1.54, 1.807) is 4.90 Å². The average Bonchev–Trinajstić information content (AvgIpc) is 2.98. The summed E-state index contributed by atoms with van der Waals surface area (Å²) in [5.74, 6) is -1.69. The maximum Gasteiger partial charge on any atom is 0.471 e. The van der Waals surface area contributed by atoms with E-state index in [0.29, 0.717) is 31.8 Å². The van der Waals surface area contributed by atoms with E-state index >= 15 is 0 Å². The maximum atomic E-state index is 12.4. The molecule has 10 heteroatoms. The van der Waals surface area contributed by atoms with Gasteiger partial charge in [0.05, 0.1) is 5.92 Å². The van der Waals surface area contributed by atoms with Crippen LogP contribution in [0.25, 0.3) is 0 Å². The summed E-state index contributed by atoms with van der Waals surface area (Å²) in [7, 11) is 0. The summed E-state index contributed by atoms with van der Waals surface area (Å²) in [6, 6.07) is 0. The number of nitrogens with one attached hydrogen (secondary N) is 1. The molecule has 1 fully saturated rings. The molecule has 1 saturated heterocycles. The lowest BCUT2D eigenvalue weighted by Crippen LogP contribution is -2.47. The number of rotatable bonds is 6. The zero-order valence-corrected chi connectivity index (χ0v) is 14.1. The first-order valence-corrected chi connectivity index (χ1v) is 8.12. The molecule has 0 aromatic carbocycles. The van der Waals surface area contributed by atoms with Gasteiger partial charge in [0.1, 0.15) is 0 Å². The predicted molar refractivity (Wildman–Crippen MR) is 80.2 cm³/mol. The van der Waals surface area contributed by atoms with E-state index < -0.39 is 12.1 Å². The van der Waals surface area contributed by atoms with Crippen molar-refractivity contribution < 1.29 is 27.3 Å². The Morgan fingerprint density at radius 3 is 2.76 bits per heavy atom. The minimum Gasteiger partial charge on any atom is -0.355 e. The van der Waals surface area contributed by atoms with Crippen LogP contribution in [0.4, 0.5) is 13.2 Å². The van der Waals surface area contributed by atoms with Crippen molar-refractivity contribution in [1.82, 2.24) is 20.4 Å². The zero-order chi connectivity index (χ0) is 18.6. The molecule has 1 aromatic heterocycles. The minimum absolute atomic E-state index is 0.0344. The second-order valence-corrected chi connectivity index (χ2v) is 6.48. The molecule has 0 spiro atoms. The minimum atomic E-state index is -4.68. The average molecular weight is 362 g/mol. The Balaban J connectivity index is 1.80. The number of aromatic nitrogens is 2. The number of hydrogen-bond acceptors (Lipinski definition) is 5. The normalized spacial score (nSPS) is 18.7. The summed E-state index contributed by atoms with van der Waals surface area (Å²) in [6.45, 7) is 5.06. The number of piperidine rings is 1. The fourth-order valence-corrected chi connectivity index (χ4v) is 2.66. The Bertz CT molecular complexity index is 615. The number of amides is 2. The van der Waals surface area contributed by atoms with E-state index in [1.807, 2.05) is 13.8 Å². The van der Waals surface area contributed by atoms with Gasteiger partial charge in [-0.2, -0.15) is 18.2 Å². The number of alkyl halides is 3. The van der Waals surface area contributed by atoms with Crippen molar-refractivity contribution >= 4 is 11.8 Å². The van der Waals surface area contributed by atoms with Crippen LogP contribution in [0.1, 0.15) is 38.4 Å². The number of carbonyl (C=O) groups is 2. The van der Waals surface area contributed by atoms with Gasteiger partial charge in [-0.05, 0) is 12.3 Å². The summed E-state index contributed by atoms with van der Waals surface area (Å²) in [5.41, 5.74) is 0. The third kappa shape index (κ3) is 5.43. The van der Waals surface area contributed by atoms with Gasteiger partial charge in [0.15, 0.2) is 5.82 Å². The third-order valence-corrected chi connectivity index (χ3v) is 3.81. The van der Waals surface area contributed by atoms with Gasteiger partial charge in [0, 0.05) is 32.5 Å². The van der Waals surface area contributed by atoms with Gasteiger partial charge >= 0.3 is 12.1 Å². The van der Waals surface area contributed by atoms with E-state index in [2.05, 4.69) is 20.0 Å². The Hall–Kier alpha value is -2.13. The quantitative estimate of drug-likeness (QED) is 0.831. The highest BCUT2D eigenvalue weighted by molar-refractivity contribution is 5.83. The van der Waals surface area contributed by atoms with Gasteiger partial charge in [-0.25, -0.2) is 0 Å². The van der Waals surface area contributed by atoms with Crippen molar-refractivity contribution in [2.75, 3.05) is 19.6 Å². The van der Waals surface area contributed by atoms with Gasteiger partial charge < -0.3 is 14.7 Å². The summed E-state index contributed by atoms with van der Waals surface area (Å²) in [4.78, 5) is 29.0. The molecule has 1 atom stereocenters. The molecular weight excluding hydrogens is 341 g/mol. The molecule has 0 radical (unpaired) electrons. The lowest BCUT2D eigenvalue weighted by atomic mass is 9.96. The number of nitrogens with zero attached hydrogens (tertiary/aromatic N) is 3. The summed E-state index contributed by atoms with van der Waals surface area (Å²) in [5, 5.41) is 5.89. The van der Waals surface area contributed by atoms with Crippen LogP contribution in [0.5, 0.6) is 0 Å². The monoisotopic (exact) mass is 362 g/mol. The first kappa shape index (κ1) is 19.2. The van der Waals surface area contributed by atoms with Crippen molar-refractivity contribution in [2.45, 2.75) is 39.3 Å². The summed E-state index contributed by atoms with van der Waals surface area (Å²) >= 11 is 0. The van der Waals surface area contributed by atoms with E-state index in [-0.39, 0.29) is 36.5 Å². The van der Waals surface area contributed by atoms with Crippen LogP contribution < -0.4 is 5.32 Å². The molecule has 1 aliphatic heterocycles. The van der Waals surface area contributed by atoms with Crippen molar-refractivity contribution in [3.8, 4) is 0 Å². The molecule has 25 heavy (non-hydrogen) atoms. The first-order valence-electron chi connectivity index (χ1n) is 8.12. The second kappa shape index (κ2) is 7.83. The molecule has 1 aromatic rings. The smallest absolute Gasteiger partial charge is 0.355 e. The first-order chi connectivity index (χ1) is 11.7. The van der Waals surface area contributed by atoms with E-state index in [4.69, 9.17) is 0 Å². The van der Waals surface area contributed by atoms with Gasteiger partial charge in [-0.1, -0.05) is 19.0 Å². The molecule has 0 aliphatic carbocycles. The maximum absolute atomic E-state index is 12.4. The summed E-state index contributed by atoms with van der Waals surface area (Å²) < 4.78 is 41.2. The number of hydrogen-bond donors (Lipinski definition) is 1. The molecule has 140 valence electrons. The van der Waals surface area contributed by atoms with Crippen LogP contribution in [0.2, 0.25) is 0 Å². The van der Waals surface area contributed by atoms with Crippen LogP contribution in [-0.4, -0.2) is 46.5 Å². The Labute approximate surface area is 142 Å². The predicted octanol–water partition coefficient (Wildman–Crippen LogP) is 1.64. The molecular formula is C15H21F3N4O3. The molecule has 1 N–H and O–H groups in total. The number of carbonyl (C=O) groups excluding carboxylic acids is 2. The lowest BCUT2D eigenvalue weighted by Gasteiger charge is -2.33. The zero-order valence-electron chi connectivity index (χ0n) is 14.1. The van der Waals surface area contributed by atoms with E-state index in [9.17, 15) is 22.8 Å². The van der Waals surface area contributed by atoms with Crippen LogP contribution in [0.3, 0.4) is 0 Å². The topological polar surface area (TPSA) is 88.3 Å². The van der Waals surface area contributed by atoms with E-state index in [1.165, 1.54) is 0 Å². The van der Waals surface area contributed by atoms with Crippen LogP contribution in [0, 0.1) is 11.8 Å². The SMILES string of the molecule is CC(C)CN1C[C@@H](C(=O)NCCc2noc(C(F)(F)F)n2)CCC1=O. The molecule has 1 aliphatic rings. The molecule has 7 nitrogen and oxygen atoms in total. The molecule has 2 rings (SSSR count). The lowest BCUT2D eigenvalue weighted by molar-refractivity contribution is -0.159. The molecule has 0 unspecified atom stereocenters. The molecule has 0 bridgehead atoms. The van der Waals surface area contributed by atoms with Crippen LogP contribution in [0.15, 0.2) is 4.52 Å². The second-order valence-electron chi connectivity index (χ2n) is 6.48. The van der Waals surface area contributed by atoms with Crippen molar-refractivity contribution in [1.29, 1.82) is 0 Å². The van der Waals surface area contributed by atoms with Gasteiger partial charge in [0.2, 0.25) is 11.8 Å². The summed E-state index contributed by atoms with van der Waals surface area (Å²) in [6.07, 6.45) is -3.85. The van der Waals surface area contributed by atoms with Crippen LogP contribution >= 0.6 is 0 Å². The molecule has 0 saturated carbocycles. The van der Waals surface area contributed by atoms with Crippen LogP contribution in [-0.2, 0) is 22.2 Å². The number of halogens is 3. The Morgan fingerprint density at radius 2 is 2.16 bits per heavy atom. The Kier molecular flexibility index (Phi) is 6.02. The highest BCUT2D eigenvalue weighted by Crippen LogP contribution is 2.27. The molecule has 2 heterocycles. The van der Waals surface area contributed by atoms with Gasteiger partial charge in [0.25, 0.3) is 0 Å². The molecule has 2 amide bonds. The number of likely N-dealkylation sites (tertiary alicyclic amines) is 1. The largest absolute Gasteiger partial charge is 0.471 e. The fourth-order valence-electron chi connectivity index (χ4n) is 2.66. The Morgan fingerprint density at radius 1 is 1.44 bits per heavy atom. The van der Waals surface area contributed by atoms with Gasteiger partial charge in [-0.3, -0.25) is 9.59 Å².